The van der Waals surface area contributed by atoms with E-state index in [1.54, 1.807) is 0 Å². The minimum Gasteiger partial charge on any atom is -0.321 e. The van der Waals surface area contributed by atoms with E-state index in [-0.39, 0.29) is 0 Å². The van der Waals surface area contributed by atoms with E-state index in [0.29, 0.717) is 0 Å². The molecular formula is C12H16N4. The fraction of sp³-hybridized carbons (Fsp3) is 0.167. The minimum absolute atomic E-state index is 0.720. The first-order valence-corrected chi connectivity index (χ1v) is 5.32. The molecule has 0 atom stereocenters. The van der Waals surface area contributed by atoms with Gasteiger partial charge in [-0.2, -0.15) is 0 Å². The molecule has 0 heterocycles. The average Bonchev–Trinajstić information content (AvgIpc) is 2.35. The first kappa shape index (κ1) is 10.9. The third-order valence-electron chi connectivity index (χ3n) is 2.41. The lowest BCUT2D eigenvalue weighted by Crippen LogP contribution is -2.34. The van der Waals surface area contributed by atoms with Gasteiger partial charge < -0.3 is 5.43 Å². The van der Waals surface area contributed by atoms with E-state index in [1.165, 1.54) is 10.8 Å². The van der Waals surface area contributed by atoms with Crippen molar-refractivity contribution in [2.45, 2.75) is 0 Å². The molecule has 0 aromatic heterocycles. The number of nitrogens with one attached hydrogen (secondary N) is 3. The summed E-state index contributed by atoms with van der Waals surface area (Å²) in [5.74, 6) is 5.18. The first-order valence-electron chi connectivity index (χ1n) is 5.32. The molecule has 0 bridgehead atoms. The van der Waals surface area contributed by atoms with Crippen LogP contribution in [0, 0.1) is 0 Å². The van der Waals surface area contributed by atoms with E-state index in [4.69, 9.17) is 5.84 Å². The fourth-order valence-electron chi connectivity index (χ4n) is 1.63. The summed E-state index contributed by atoms with van der Waals surface area (Å²) in [4.78, 5) is 0. The Morgan fingerprint density at radius 1 is 0.938 bits per heavy atom. The Labute approximate surface area is 94.8 Å². The maximum Gasteiger partial charge on any atom is 0.0565 e. The molecule has 0 radical (unpaired) electrons. The summed E-state index contributed by atoms with van der Waals surface area (Å²) in [7, 11) is 0. The maximum absolute atomic E-state index is 5.18. The van der Waals surface area contributed by atoms with Crippen molar-refractivity contribution in [1.82, 2.24) is 10.9 Å². The number of nitrogens with two attached hydrogens (primary N) is 1. The quantitative estimate of drug-likeness (QED) is 0.345. The molecule has 0 fully saturated rings. The Morgan fingerprint density at radius 3 is 2.62 bits per heavy atom. The van der Waals surface area contributed by atoms with Gasteiger partial charge in [0.15, 0.2) is 0 Å². The zero-order chi connectivity index (χ0) is 11.2. The van der Waals surface area contributed by atoms with Crippen molar-refractivity contribution in [1.29, 1.82) is 0 Å². The highest BCUT2D eigenvalue weighted by atomic mass is 15.4. The first-order chi connectivity index (χ1) is 7.92. The van der Waals surface area contributed by atoms with Crippen molar-refractivity contribution in [2.24, 2.45) is 5.84 Å². The normalized spacial score (nSPS) is 10.6. The Bertz CT molecular complexity index is 450. The van der Waals surface area contributed by atoms with Crippen molar-refractivity contribution in [2.75, 3.05) is 18.5 Å². The van der Waals surface area contributed by atoms with Crippen LogP contribution in [0.25, 0.3) is 10.8 Å². The second-order valence-corrected chi connectivity index (χ2v) is 3.53. The average molecular weight is 216 g/mol. The molecule has 4 nitrogen and oxygen atoms in total. The molecule has 16 heavy (non-hydrogen) atoms. The molecule has 0 saturated heterocycles. The van der Waals surface area contributed by atoms with Crippen LogP contribution in [0.2, 0.25) is 0 Å². The zero-order valence-electron chi connectivity index (χ0n) is 9.03. The number of rotatable bonds is 5. The molecule has 2 aromatic rings. The van der Waals surface area contributed by atoms with E-state index in [1.807, 2.05) is 24.3 Å². The van der Waals surface area contributed by atoms with Gasteiger partial charge in [-0.15, -0.1) is 0 Å². The van der Waals surface area contributed by atoms with Crippen molar-refractivity contribution in [3.63, 3.8) is 0 Å². The summed E-state index contributed by atoms with van der Waals surface area (Å²) in [6.45, 7) is 1.48. The Morgan fingerprint density at radius 2 is 1.75 bits per heavy atom. The molecule has 2 rings (SSSR count). The molecule has 0 aliphatic carbocycles. The van der Waals surface area contributed by atoms with Crippen LogP contribution in [-0.2, 0) is 0 Å². The molecule has 0 aliphatic heterocycles. The third-order valence-corrected chi connectivity index (χ3v) is 2.41. The van der Waals surface area contributed by atoms with E-state index < -0.39 is 0 Å². The second-order valence-electron chi connectivity index (χ2n) is 3.53. The van der Waals surface area contributed by atoms with E-state index >= 15 is 0 Å². The number of fused-ring (bicyclic) bond motifs is 1. The highest BCUT2D eigenvalue weighted by molar-refractivity contribution is 5.93. The zero-order valence-corrected chi connectivity index (χ0v) is 9.03. The van der Waals surface area contributed by atoms with Gasteiger partial charge in [0.1, 0.15) is 0 Å². The van der Waals surface area contributed by atoms with Crippen LogP contribution in [-0.4, -0.2) is 13.1 Å². The third kappa shape index (κ3) is 2.49. The van der Waals surface area contributed by atoms with Crippen LogP contribution in [0.4, 0.5) is 5.69 Å². The van der Waals surface area contributed by atoms with Gasteiger partial charge in [-0.3, -0.25) is 11.3 Å². The molecule has 84 valence electrons. The lowest BCUT2D eigenvalue weighted by molar-refractivity contribution is 0.674. The van der Waals surface area contributed by atoms with Crippen LogP contribution in [0.15, 0.2) is 42.5 Å². The van der Waals surface area contributed by atoms with Crippen molar-refractivity contribution >= 4 is 16.5 Å². The van der Waals surface area contributed by atoms with Gasteiger partial charge in [0.05, 0.1) is 5.69 Å². The highest BCUT2D eigenvalue weighted by Gasteiger charge is 1.97. The van der Waals surface area contributed by atoms with Crippen LogP contribution in [0.3, 0.4) is 0 Å². The van der Waals surface area contributed by atoms with Crippen LogP contribution in [0.5, 0.6) is 0 Å². The highest BCUT2D eigenvalue weighted by Crippen LogP contribution is 2.21. The number of hydrogen-bond donors (Lipinski definition) is 4. The summed E-state index contributed by atoms with van der Waals surface area (Å²) in [6.07, 6.45) is 0. The monoisotopic (exact) mass is 216 g/mol. The Kier molecular flexibility index (Phi) is 3.71. The summed E-state index contributed by atoms with van der Waals surface area (Å²) in [5, 5.41) is 2.43. The predicted molar refractivity (Wildman–Crippen MR) is 67.8 cm³/mol. The standard InChI is InChI=1S/C12H16N4/c13-14-8-9-15-16-12-7-3-5-10-4-1-2-6-11(10)12/h1-7,14-16H,8-9,13H2. The molecule has 0 amide bonds. The van der Waals surface area contributed by atoms with Gasteiger partial charge in [0.2, 0.25) is 0 Å². The molecule has 0 unspecified atom stereocenters. The van der Waals surface area contributed by atoms with E-state index in [0.717, 1.165) is 18.8 Å². The lowest BCUT2D eigenvalue weighted by atomic mass is 10.1. The molecule has 0 aliphatic rings. The van der Waals surface area contributed by atoms with Gasteiger partial charge in [-0.25, -0.2) is 5.43 Å². The molecule has 5 N–H and O–H groups in total. The number of anilines is 1. The summed E-state index contributed by atoms with van der Waals surface area (Å²) in [5.41, 5.74) is 9.95. The van der Waals surface area contributed by atoms with Gasteiger partial charge in [0.25, 0.3) is 0 Å². The smallest absolute Gasteiger partial charge is 0.0565 e. The number of hydrogen-bond acceptors (Lipinski definition) is 4. The van der Waals surface area contributed by atoms with Gasteiger partial charge >= 0.3 is 0 Å². The minimum atomic E-state index is 0.720. The second kappa shape index (κ2) is 5.46. The Balaban J connectivity index is 2.11. The maximum atomic E-state index is 5.18. The fourth-order valence-corrected chi connectivity index (χ4v) is 1.63. The molecule has 4 heteroatoms. The summed E-state index contributed by atoms with van der Waals surface area (Å²) in [6, 6.07) is 14.5. The van der Waals surface area contributed by atoms with Crippen molar-refractivity contribution in [3.05, 3.63) is 42.5 Å². The van der Waals surface area contributed by atoms with Gasteiger partial charge in [-0.05, 0) is 11.5 Å². The van der Waals surface area contributed by atoms with Crippen LogP contribution in [0.1, 0.15) is 0 Å². The van der Waals surface area contributed by atoms with Gasteiger partial charge in [-0.1, -0.05) is 36.4 Å². The molecule has 2 aromatic carbocycles. The molecule has 0 saturated carbocycles. The van der Waals surface area contributed by atoms with E-state index in [2.05, 4.69) is 34.5 Å². The van der Waals surface area contributed by atoms with Gasteiger partial charge in [0, 0.05) is 18.5 Å². The van der Waals surface area contributed by atoms with Crippen molar-refractivity contribution in [3.8, 4) is 0 Å². The Hall–Kier alpha value is -1.62. The van der Waals surface area contributed by atoms with Crippen LogP contribution >= 0.6 is 0 Å². The SMILES string of the molecule is NNCCNNc1cccc2ccccc12. The largest absolute Gasteiger partial charge is 0.321 e. The summed E-state index contributed by atoms with van der Waals surface area (Å²) < 4.78 is 0. The lowest BCUT2D eigenvalue weighted by Gasteiger charge is -2.10. The topological polar surface area (TPSA) is 62.1 Å². The number of benzene rings is 2. The predicted octanol–water partition coefficient (Wildman–Crippen LogP) is 1.22. The summed E-state index contributed by atoms with van der Waals surface area (Å²) >= 11 is 0. The number of hydrazine groups is 2. The molecular weight excluding hydrogens is 200 g/mol. The molecule has 0 spiro atoms. The van der Waals surface area contributed by atoms with Crippen LogP contribution < -0.4 is 22.1 Å². The van der Waals surface area contributed by atoms with Crippen molar-refractivity contribution < 1.29 is 0 Å². The van der Waals surface area contributed by atoms with E-state index in [9.17, 15) is 0 Å².